The number of benzene rings is 1. The molecule has 1 amide bonds. The maximum Gasteiger partial charge on any atom is 0.306 e. The Labute approximate surface area is 124 Å². The molecule has 5 nitrogen and oxygen atoms in total. The van der Waals surface area contributed by atoms with E-state index in [4.69, 9.17) is 9.84 Å². The number of piperidine rings is 1. The Morgan fingerprint density at radius 1 is 1.38 bits per heavy atom. The molecule has 1 fully saturated rings. The third-order valence-corrected chi connectivity index (χ3v) is 4.14. The van der Waals surface area contributed by atoms with Crippen molar-refractivity contribution in [2.24, 2.45) is 5.92 Å². The van der Waals surface area contributed by atoms with Crippen molar-refractivity contribution in [3.8, 4) is 5.75 Å². The number of nitrogens with zero attached hydrogens (tertiary/aromatic N) is 1. The number of carbonyl (C=O) groups is 2. The summed E-state index contributed by atoms with van der Waals surface area (Å²) in [6.07, 6.45) is 1.01. The highest BCUT2D eigenvalue weighted by molar-refractivity contribution is 5.95. The van der Waals surface area contributed by atoms with Crippen LogP contribution in [0.3, 0.4) is 0 Å². The van der Waals surface area contributed by atoms with Crippen molar-refractivity contribution >= 4 is 11.9 Å². The number of carboxylic acid groups (broad SMARTS) is 1. The molecule has 0 spiro atoms. The predicted molar refractivity (Wildman–Crippen MR) is 78.6 cm³/mol. The number of rotatable bonds is 3. The standard InChI is InChI=1S/C16H21NO4/c1-10-4-5-12(9-14(10)21-3)15(18)17-7-6-13(16(19)20)8-11(17)2/h4-5,9,11,13H,6-8H2,1-3H3,(H,19,20). The Bertz CT molecular complexity index is 555. The summed E-state index contributed by atoms with van der Waals surface area (Å²) in [6, 6.07) is 5.32. The van der Waals surface area contributed by atoms with E-state index in [-0.39, 0.29) is 17.9 Å². The molecule has 1 aliphatic heterocycles. The van der Waals surface area contributed by atoms with Gasteiger partial charge in [0.15, 0.2) is 0 Å². The molecule has 0 bridgehead atoms. The number of amides is 1. The summed E-state index contributed by atoms with van der Waals surface area (Å²) >= 11 is 0. The lowest BCUT2D eigenvalue weighted by atomic mass is 9.91. The molecule has 1 N–H and O–H groups in total. The number of carbonyl (C=O) groups excluding carboxylic acids is 1. The number of likely N-dealkylation sites (tertiary alicyclic amines) is 1. The minimum absolute atomic E-state index is 0.0651. The van der Waals surface area contributed by atoms with Gasteiger partial charge in [0.1, 0.15) is 5.75 Å². The monoisotopic (exact) mass is 291 g/mol. The smallest absolute Gasteiger partial charge is 0.306 e. The summed E-state index contributed by atoms with van der Waals surface area (Å²) in [5, 5.41) is 9.08. The molecule has 0 saturated carbocycles. The van der Waals surface area contributed by atoms with Gasteiger partial charge in [0.25, 0.3) is 5.91 Å². The van der Waals surface area contributed by atoms with E-state index in [1.807, 2.05) is 19.9 Å². The lowest BCUT2D eigenvalue weighted by molar-refractivity contribution is -0.143. The normalized spacial score (nSPS) is 22.0. The topological polar surface area (TPSA) is 66.8 Å². The number of hydrogen-bond acceptors (Lipinski definition) is 3. The molecule has 1 aromatic rings. The molecule has 1 saturated heterocycles. The zero-order valence-corrected chi connectivity index (χ0v) is 12.6. The number of carboxylic acids is 1. The lowest BCUT2D eigenvalue weighted by Crippen LogP contribution is -2.46. The Balaban J connectivity index is 2.15. The summed E-state index contributed by atoms with van der Waals surface area (Å²) in [5.74, 6) is -0.499. The number of aryl methyl sites for hydroxylation is 1. The van der Waals surface area contributed by atoms with Gasteiger partial charge < -0.3 is 14.7 Å². The molecule has 21 heavy (non-hydrogen) atoms. The van der Waals surface area contributed by atoms with Gasteiger partial charge in [-0.2, -0.15) is 0 Å². The van der Waals surface area contributed by atoms with Gasteiger partial charge in [-0.05, 0) is 44.4 Å². The first-order valence-electron chi connectivity index (χ1n) is 7.12. The first-order valence-corrected chi connectivity index (χ1v) is 7.12. The summed E-state index contributed by atoms with van der Waals surface area (Å²) in [4.78, 5) is 25.4. The highest BCUT2D eigenvalue weighted by Crippen LogP contribution is 2.26. The van der Waals surface area contributed by atoms with E-state index < -0.39 is 5.97 Å². The molecule has 2 atom stereocenters. The van der Waals surface area contributed by atoms with Crippen molar-refractivity contribution in [2.75, 3.05) is 13.7 Å². The van der Waals surface area contributed by atoms with Crippen LogP contribution >= 0.6 is 0 Å². The highest BCUT2D eigenvalue weighted by Gasteiger charge is 2.32. The van der Waals surface area contributed by atoms with E-state index in [2.05, 4.69) is 0 Å². The van der Waals surface area contributed by atoms with Crippen molar-refractivity contribution < 1.29 is 19.4 Å². The molecule has 1 aromatic carbocycles. The average Bonchev–Trinajstić information content (AvgIpc) is 2.46. The van der Waals surface area contributed by atoms with Crippen molar-refractivity contribution in [1.82, 2.24) is 4.90 Å². The number of ether oxygens (including phenoxy) is 1. The molecular weight excluding hydrogens is 270 g/mol. The molecular formula is C16H21NO4. The second-order valence-electron chi connectivity index (χ2n) is 5.59. The van der Waals surface area contributed by atoms with Gasteiger partial charge in [0.05, 0.1) is 13.0 Å². The van der Waals surface area contributed by atoms with Crippen LogP contribution in [0.5, 0.6) is 5.75 Å². The number of hydrogen-bond donors (Lipinski definition) is 1. The van der Waals surface area contributed by atoms with Crippen LogP contribution in [0.1, 0.15) is 35.7 Å². The van der Waals surface area contributed by atoms with E-state index in [1.54, 1.807) is 24.1 Å². The van der Waals surface area contributed by atoms with E-state index in [1.165, 1.54) is 0 Å². The van der Waals surface area contributed by atoms with Crippen LogP contribution in [-0.2, 0) is 4.79 Å². The molecule has 2 rings (SSSR count). The van der Waals surface area contributed by atoms with E-state index >= 15 is 0 Å². The minimum Gasteiger partial charge on any atom is -0.496 e. The van der Waals surface area contributed by atoms with Gasteiger partial charge in [-0.15, -0.1) is 0 Å². The second kappa shape index (κ2) is 6.16. The van der Waals surface area contributed by atoms with Crippen molar-refractivity contribution in [1.29, 1.82) is 0 Å². The Morgan fingerprint density at radius 3 is 2.67 bits per heavy atom. The summed E-state index contributed by atoms with van der Waals surface area (Å²) in [7, 11) is 1.58. The lowest BCUT2D eigenvalue weighted by Gasteiger charge is -2.36. The van der Waals surface area contributed by atoms with Gasteiger partial charge in [0.2, 0.25) is 0 Å². The fourth-order valence-electron chi connectivity index (χ4n) is 2.82. The Morgan fingerprint density at radius 2 is 2.10 bits per heavy atom. The molecule has 1 aliphatic rings. The van der Waals surface area contributed by atoms with Crippen molar-refractivity contribution in [2.45, 2.75) is 32.7 Å². The molecule has 2 unspecified atom stereocenters. The molecule has 0 aromatic heterocycles. The maximum atomic E-state index is 12.6. The van der Waals surface area contributed by atoms with Gasteiger partial charge in [-0.1, -0.05) is 6.07 Å². The maximum absolute atomic E-state index is 12.6. The average molecular weight is 291 g/mol. The van der Waals surface area contributed by atoms with E-state index in [0.29, 0.717) is 30.7 Å². The zero-order valence-electron chi connectivity index (χ0n) is 12.6. The predicted octanol–water partition coefficient (Wildman–Crippen LogP) is 2.33. The van der Waals surface area contributed by atoms with Gasteiger partial charge in [-0.25, -0.2) is 0 Å². The van der Waals surface area contributed by atoms with E-state index in [0.717, 1.165) is 5.56 Å². The summed E-state index contributed by atoms with van der Waals surface area (Å²) in [6.45, 7) is 4.31. The minimum atomic E-state index is -0.772. The van der Waals surface area contributed by atoms with Gasteiger partial charge in [0, 0.05) is 18.2 Å². The zero-order chi connectivity index (χ0) is 15.6. The SMILES string of the molecule is COc1cc(C(=O)N2CCC(C(=O)O)CC2C)ccc1C. The van der Waals surface area contributed by atoms with Gasteiger partial charge in [-0.3, -0.25) is 9.59 Å². The van der Waals surface area contributed by atoms with Crippen LogP contribution in [-0.4, -0.2) is 41.6 Å². The van der Waals surface area contributed by atoms with Crippen LogP contribution in [0.25, 0.3) is 0 Å². The summed E-state index contributed by atoms with van der Waals surface area (Å²) in [5.41, 5.74) is 1.56. The highest BCUT2D eigenvalue weighted by atomic mass is 16.5. The van der Waals surface area contributed by atoms with Crippen LogP contribution in [0, 0.1) is 12.8 Å². The first-order chi connectivity index (χ1) is 9.93. The molecule has 0 radical (unpaired) electrons. The molecule has 1 heterocycles. The van der Waals surface area contributed by atoms with Crippen LogP contribution in [0.15, 0.2) is 18.2 Å². The summed E-state index contributed by atoms with van der Waals surface area (Å²) < 4.78 is 5.25. The number of methoxy groups -OCH3 is 1. The quantitative estimate of drug-likeness (QED) is 0.928. The fraction of sp³-hybridized carbons (Fsp3) is 0.500. The fourth-order valence-corrected chi connectivity index (χ4v) is 2.82. The largest absolute Gasteiger partial charge is 0.496 e. The van der Waals surface area contributed by atoms with Crippen molar-refractivity contribution in [3.05, 3.63) is 29.3 Å². The van der Waals surface area contributed by atoms with Gasteiger partial charge >= 0.3 is 5.97 Å². The van der Waals surface area contributed by atoms with E-state index in [9.17, 15) is 9.59 Å². The number of aliphatic carboxylic acids is 1. The van der Waals surface area contributed by atoms with Crippen molar-refractivity contribution in [3.63, 3.8) is 0 Å². The molecule has 5 heteroatoms. The molecule has 0 aliphatic carbocycles. The third kappa shape index (κ3) is 3.17. The van der Waals surface area contributed by atoms with Crippen LogP contribution < -0.4 is 4.74 Å². The second-order valence-corrected chi connectivity index (χ2v) is 5.59. The first kappa shape index (κ1) is 15.4. The Hall–Kier alpha value is -2.04. The molecule has 114 valence electrons. The third-order valence-electron chi connectivity index (χ3n) is 4.14. The van der Waals surface area contributed by atoms with Crippen LogP contribution in [0.2, 0.25) is 0 Å². The van der Waals surface area contributed by atoms with Crippen LogP contribution in [0.4, 0.5) is 0 Å². The Kier molecular flexibility index (Phi) is 4.50.